The van der Waals surface area contributed by atoms with E-state index in [4.69, 9.17) is 11.6 Å². The maximum atomic E-state index is 13.0. The third kappa shape index (κ3) is 3.02. The zero-order valence-electron chi connectivity index (χ0n) is 13.6. The summed E-state index contributed by atoms with van der Waals surface area (Å²) in [5, 5.41) is 5.06. The van der Waals surface area contributed by atoms with Crippen LogP contribution in [0.5, 0.6) is 0 Å². The minimum atomic E-state index is -0.321. The second kappa shape index (κ2) is 6.49. The highest BCUT2D eigenvalue weighted by atomic mass is 35.5. The van der Waals surface area contributed by atoms with Crippen molar-refractivity contribution in [2.45, 2.75) is 64.5 Å². The van der Waals surface area contributed by atoms with Gasteiger partial charge in [-0.15, -0.1) is 0 Å². The van der Waals surface area contributed by atoms with Crippen LogP contribution in [0.3, 0.4) is 0 Å². The van der Waals surface area contributed by atoms with E-state index in [1.165, 1.54) is 6.42 Å². The Morgan fingerprint density at radius 2 is 1.95 bits per heavy atom. The number of nitrogens with zero attached hydrogens (tertiary/aromatic N) is 3. The molecule has 0 aliphatic heterocycles. The Morgan fingerprint density at radius 3 is 2.48 bits per heavy atom. The molecule has 5 heteroatoms. The van der Waals surface area contributed by atoms with E-state index < -0.39 is 0 Å². The molecule has 2 rings (SSSR count). The molecule has 0 amide bonds. The van der Waals surface area contributed by atoms with Crippen molar-refractivity contribution in [1.29, 1.82) is 0 Å². The first kappa shape index (κ1) is 16.5. The van der Waals surface area contributed by atoms with Crippen LogP contribution in [0, 0.1) is 6.92 Å². The van der Waals surface area contributed by atoms with Gasteiger partial charge in [0.25, 0.3) is 0 Å². The number of rotatable bonds is 5. The Morgan fingerprint density at radius 1 is 1.33 bits per heavy atom. The van der Waals surface area contributed by atoms with Gasteiger partial charge >= 0.3 is 0 Å². The molecule has 1 heterocycles. The maximum Gasteiger partial charge on any atom is 0.159 e. The van der Waals surface area contributed by atoms with Gasteiger partial charge in [0.1, 0.15) is 0 Å². The van der Waals surface area contributed by atoms with Crippen LogP contribution in [0.4, 0.5) is 0 Å². The number of likely N-dealkylation sites (N-methyl/N-ethyl adjacent to an activating group) is 1. The highest BCUT2D eigenvalue weighted by molar-refractivity contribution is 6.32. The van der Waals surface area contributed by atoms with Crippen molar-refractivity contribution in [2.75, 3.05) is 14.1 Å². The summed E-state index contributed by atoms with van der Waals surface area (Å²) >= 11 is 6.35. The second-order valence-corrected chi connectivity index (χ2v) is 6.63. The minimum absolute atomic E-state index is 0.281. The smallest absolute Gasteiger partial charge is 0.159 e. The first-order valence-electron chi connectivity index (χ1n) is 7.85. The summed E-state index contributed by atoms with van der Waals surface area (Å²) < 4.78 is 1.86. The van der Waals surface area contributed by atoms with Crippen LogP contribution in [0.1, 0.15) is 50.4 Å². The molecule has 0 unspecified atom stereocenters. The zero-order valence-corrected chi connectivity index (χ0v) is 14.3. The predicted molar refractivity (Wildman–Crippen MR) is 85.9 cm³/mol. The molecule has 1 saturated carbocycles. The topological polar surface area (TPSA) is 38.1 Å². The van der Waals surface area contributed by atoms with Gasteiger partial charge in [-0.2, -0.15) is 5.10 Å². The van der Waals surface area contributed by atoms with Crippen LogP contribution < -0.4 is 0 Å². The lowest BCUT2D eigenvalue weighted by Crippen LogP contribution is -2.53. The van der Waals surface area contributed by atoms with Crippen molar-refractivity contribution in [3.8, 4) is 0 Å². The molecule has 1 aromatic heterocycles. The first-order chi connectivity index (χ1) is 9.92. The Balaban J connectivity index is 2.27. The Hall–Kier alpha value is -0.870. The fraction of sp³-hybridized carbons (Fsp3) is 0.750. The van der Waals surface area contributed by atoms with Gasteiger partial charge < -0.3 is 0 Å². The molecule has 0 atom stereocenters. The Bertz CT molecular complexity index is 516. The van der Waals surface area contributed by atoms with Gasteiger partial charge in [-0.3, -0.25) is 14.4 Å². The van der Waals surface area contributed by atoms with Gasteiger partial charge in [0, 0.05) is 6.54 Å². The molecule has 0 saturated heterocycles. The van der Waals surface area contributed by atoms with E-state index in [1.807, 2.05) is 32.6 Å². The second-order valence-electron chi connectivity index (χ2n) is 6.25. The molecule has 1 fully saturated rings. The monoisotopic (exact) mass is 311 g/mol. The fourth-order valence-corrected chi connectivity index (χ4v) is 3.67. The van der Waals surface area contributed by atoms with Crippen molar-refractivity contribution in [2.24, 2.45) is 0 Å². The lowest BCUT2D eigenvalue weighted by atomic mass is 9.76. The summed E-state index contributed by atoms with van der Waals surface area (Å²) in [7, 11) is 4.04. The first-order valence-corrected chi connectivity index (χ1v) is 8.22. The largest absolute Gasteiger partial charge is 0.297 e. The molecule has 1 aromatic rings. The number of aryl methyl sites for hydroxylation is 2. The maximum absolute atomic E-state index is 13.0. The number of hydrogen-bond acceptors (Lipinski definition) is 3. The van der Waals surface area contributed by atoms with E-state index in [2.05, 4.69) is 10.00 Å². The quantitative estimate of drug-likeness (QED) is 0.838. The highest BCUT2D eigenvalue weighted by Crippen LogP contribution is 2.34. The third-order valence-electron chi connectivity index (χ3n) is 4.84. The van der Waals surface area contributed by atoms with Crippen molar-refractivity contribution >= 4 is 17.4 Å². The molecule has 21 heavy (non-hydrogen) atoms. The summed E-state index contributed by atoms with van der Waals surface area (Å²) in [5.41, 5.74) is 1.36. The molecule has 0 spiro atoms. The Labute approximate surface area is 132 Å². The molecule has 0 N–H and O–H groups in total. The average Bonchev–Trinajstić information content (AvgIpc) is 2.75. The molecule has 0 aromatic carbocycles. The van der Waals surface area contributed by atoms with Crippen molar-refractivity contribution in [1.82, 2.24) is 14.7 Å². The van der Waals surface area contributed by atoms with Crippen molar-refractivity contribution < 1.29 is 4.79 Å². The van der Waals surface area contributed by atoms with E-state index in [1.54, 1.807) is 0 Å². The van der Waals surface area contributed by atoms with Gasteiger partial charge in [-0.1, -0.05) is 30.9 Å². The van der Waals surface area contributed by atoms with E-state index in [0.717, 1.165) is 43.6 Å². The molecule has 0 bridgehead atoms. The van der Waals surface area contributed by atoms with Crippen molar-refractivity contribution in [3.05, 3.63) is 16.4 Å². The fourth-order valence-electron chi connectivity index (χ4n) is 3.47. The number of carbonyl (C=O) groups is 1. The summed E-state index contributed by atoms with van der Waals surface area (Å²) in [6.07, 6.45) is 5.78. The van der Waals surface area contributed by atoms with E-state index in [0.29, 0.717) is 11.4 Å². The lowest BCUT2D eigenvalue weighted by molar-refractivity contribution is -0.131. The number of Topliss-reactive ketones (excluding diaryl/α,β-unsaturated/α-hetero) is 1. The standard InChI is InChI=1S/C16H26ClN3O/c1-5-20-13(15(17)12(2)18-20)11-14(21)16(19(3)4)9-7-6-8-10-16/h5-11H2,1-4H3. The molecular weight excluding hydrogens is 286 g/mol. The van der Waals surface area contributed by atoms with Crippen LogP contribution in [-0.4, -0.2) is 40.1 Å². The van der Waals surface area contributed by atoms with Crippen LogP contribution in [0.25, 0.3) is 0 Å². The molecular formula is C16H26ClN3O. The molecule has 1 aliphatic carbocycles. The highest BCUT2D eigenvalue weighted by Gasteiger charge is 2.41. The molecule has 4 nitrogen and oxygen atoms in total. The molecule has 1 aliphatic rings. The predicted octanol–water partition coefficient (Wildman–Crippen LogP) is 3.24. The van der Waals surface area contributed by atoms with Crippen molar-refractivity contribution in [3.63, 3.8) is 0 Å². The van der Waals surface area contributed by atoms with Gasteiger partial charge in [-0.25, -0.2) is 0 Å². The summed E-state index contributed by atoms with van der Waals surface area (Å²) in [5.74, 6) is 0.281. The number of carbonyl (C=O) groups excluding carboxylic acids is 1. The SMILES string of the molecule is CCn1nc(C)c(Cl)c1CC(=O)C1(N(C)C)CCCCC1. The number of halogens is 1. The summed E-state index contributed by atoms with van der Waals surface area (Å²) in [6, 6.07) is 0. The zero-order chi connectivity index (χ0) is 15.6. The van der Waals surface area contributed by atoms with E-state index in [-0.39, 0.29) is 11.3 Å². The number of ketones is 1. The third-order valence-corrected chi connectivity index (χ3v) is 5.33. The van der Waals surface area contributed by atoms with Gasteiger partial charge in [0.05, 0.1) is 28.4 Å². The van der Waals surface area contributed by atoms with E-state index in [9.17, 15) is 4.79 Å². The van der Waals surface area contributed by atoms with E-state index >= 15 is 0 Å². The number of aromatic nitrogens is 2. The van der Waals surface area contributed by atoms with Crippen LogP contribution in [0.15, 0.2) is 0 Å². The molecule has 0 radical (unpaired) electrons. The minimum Gasteiger partial charge on any atom is -0.297 e. The Kier molecular flexibility index (Phi) is 5.10. The van der Waals surface area contributed by atoms with Gasteiger partial charge in [0.2, 0.25) is 0 Å². The summed E-state index contributed by atoms with van der Waals surface area (Å²) in [6.45, 7) is 4.66. The van der Waals surface area contributed by atoms with Crippen LogP contribution in [0.2, 0.25) is 5.02 Å². The summed E-state index contributed by atoms with van der Waals surface area (Å²) in [4.78, 5) is 15.1. The lowest BCUT2D eigenvalue weighted by Gasteiger charge is -2.41. The normalized spacial score (nSPS) is 18.2. The average molecular weight is 312 g/mol. The molecule has 118 valence electrons. The van der Waals surface area contributed by atoms with Crippen LogP contribution in [-0.2, 0) is 17.8 Å². The van der Waals surface area contributed by atoms with Gasteiger partial charge in [-0.05, 0) is 40.8 Å². The number of hydrogen-bond donors (Lipinski definition) is 0. The van der Waals surface area contributed by atoms with Gasteiger partial charge in [0.15, 0.2) is 5.78 Å². The van der Waals surface area contributed by atoms with Crippen LogP contribution >= 0.6 is 11.6 Å².